The van der Waals surface area contributed by atoms with E-state index in [0.717, 1.165) is 10.6 Å². The zero-order valence-corrected chi connectivity index (χ0v) is 50.5. The van der Waals surface area contributed by atoms with Crippen molar-refractivity contribution in [2.45, 2.75) is 236 Å². The predicted molar refractivity (Wildman–Crippen MR) is 305 cm³/mol. The largest absolute Gasteiger partial charge is 0.336 e. The maximum atomic E-state index is 16.3. The highest BCUT2D eigenvalue weighted by Gasteiger charge is 2.42. The lowest BCUT2D eigenvalue weighted by atomic mass is 9.81. The lowest BCUT2D eigenvalue weighted by Crippen LogP contribution is -2.46. The van der Waals surface area contributed by atoms with Gasteiger partial charge in [0.15, 0.2) is 0 Å². The lowest BCUT2D eigenvalue weighted by Gasteiger charge is -2.40. The molecule has 3 nitrogen and oxygen atoms in total. The second-order valence-corrected chi connectivity index (χ2v) is 33.5. The van der Waals surface area contributed by atoms with Crippen molar-refractivity contribution < 1.29 is 9.32 Å². The van der Waals surface area contributed by atoms with Crippen molar-refractivity contribution in [2.75, 3.05) is 7.05 Å². The molecule has 0 radical (unpaired) electrons. The molecule has 4 rings (SSSR count). The highest BCUT2D eigenvalue weighted by Crippen LogP contribution is 2.48. The van der Waals surface area contributed by atoms with E-state index in [1.807, 2.05) is 0 Å². The van der Waals surface area contributed by atoms with Crippen LogP contribution in [-0.4, -0.2) is 23.7 Å². The number of likely N-dealkylation sites (N-methyl/N-ethyl adjacent to an activating group) is 1. The average Bonchev–Trinajstić information content (AvgIpc) is 3.14. The molecule has 0 N–H and O–H groups in total. The molecule has 1 atom stereocenters. The van der Waals surface area contributed by atoms with Gasteiger partial charge in [0.2, 0.25) is 0 Å². The Balaban J connectivity index is 2.18. The SMILES string of the molecule is CN(C(=O)[C@H](OP(c1cc(C(C)(C)C)cc(C(C)(C)C)c1)c1cc(C(C)(C)C)cc(C(C)(C)C)c1)C(C)(C)C)P(c1cc(C(C)(C)C)cc(C(C)(C)C)c1)c1cc(C(C)(C)C)cc(C(C)(C)C)c1. The third-order valence-electron chi connectivity index (χ3n) is 13.4. The Hall–Kier alpha value is -2.83. The van der Waals surface area contributed by atoms with E-state index in [1.165, 1.54) is 55.1 Å². The van der Waals surface area contributed by atoms with Crippen LogP contribution in [0, 0.1) is 5.41 Å². The highest BCUT2D eigenvalue weighted by atomic mass is 31.1. The molecule has 0 saturated carbocycles. The number of nitrogens with zero attached hydrogens (tertiary/aromatic N) is 1. The van der Waals surface area contributed by atoms with Gasteiger partial charge in [-0.1, -0.05) is 211 Å². The predicted octanol–water partition coefficient (Wildman–Crippen LogP) is 16.4. The van der Waals surface area contributed by atoms with Gasteiger partial charge >= 0.3 is 0 Å². The van der Waals surface area contributed by atoms with Gasteiger partial charge in [-0.05, 0) is 142 Å². The smallest absolute Gasteiger partial charge is 0.256 e. The van der Waals surface area contributed by atoms with Crippen molar-refractivity contribution in [1.82, 2.24) is 4.67 Å². The number of benzene rings is 4. The maximum Gasteiger partial charge on any atom is 0.256 e. The molecule has 0 fully saturated rings. The van der Waals surface area contributed by atoms with Crippen LogP contribution in [0.3, 0.4) is 0 Å². The third-order valence-corrected chi connectivity index (χ3v) is 17.6. The normalized spacial score (nSPS) is 14.5. The Bertz CT molecular complexity index is 2150. The van der Waals surface area contributed by atoms with Crippen LogP contribution < -0.4 is 21.2 Å². The van der Waals surface area contributed by atoms with E-state index in [-0.39, 0.29) is 49.2 Å². The molecule has 0 spiro atoms. The zero-order valence-electron chi connectivity index (χ0n) is 48.7. The first kappa shape index (κ1) is 57.7. The van der Waals surface area contributed by atoms with Crippen LogP contribution in [0.25, 0.3) is 0 Å². The second-order valence-electron chi connectivity index (χ2n) is 29.4. The Morgan fingerprint density at radius 3 is 0.721 bits per heavy atom. The van der Waals surface area contributed by atoms with Crippen molar-refractivity contribution >= 4 is 43.3 Å². The van der Waals surface area contributed by atoms with Crippen molar-refractivity contribution in [3.05, 3.63) is 117 Å². The van der Waals surface area contributed by atoms with Gasteiger partial charge in [-0.25, -0.2) is 0 Å². The van der Waals surface area contributed by atoms with Crippen molar-refractivity contribution in [1.29, 1.82) is 0 Å². The number of hydrogen-bond donors (Lipinski definition) is 0. The van der Waals surface area contributed by atoms with Gasteiger partial charge in [-0.3, -0.25) is 4.79 Å². The number of hydrogen-bond acceptors (Lipinski definition) is 2. The standard InChI is InChI=1S/C63H97NO2P2/c1-55(2,3)41-29-42(56(4,5)6)34-49(33-41)67(50-35-43(57(7,8)9)30-44(36-50)58(10,11)12)64(28)54(65)53(63(25,26)27)66-68(51-37-45(59(13,14)15)31-46(38-51)60(16,17)18)52-39-47(61(19,20)21)32-48(40-52)62(22,23)24/h29-40,53H,1-28H3/t53-/m0/s1. The molecular weight excluding hydrogens is 865 g/mol. The minimum absolute atomic E-state index is 0.0130. The third kappa shape index (κ3) is 14.2. The highest BCUT2D eigenvalue weighted by molar-refractivity contribution is 7.71. The van der Waals surface area contributed by atoms with E-state index in [1.54, 1.807) is 0 Å². The van der Waals surface area contributed by atoms with Crippen LogP contribution in [0.4, 0.5) is 0 Å². The summed E-state index contributed by atoms with van der Waals surface area (Å²) in [4.78, 5) is 16.3. The molecule has 0 aliphatic rings. The van der Waals surface area contributed by atoms with E-state index in [2.05, 4.69) is 271 Å². The molecule has 0 aliphatic heterocycles. The van der Waals surface area contributed by atoms with Crippen molar-refractivity contribution in [2.24, 2.45) is 5.41 Å². The fraction of sp³-hybridized carbons (Fsp3) is 0.603. The van der Waals surface area contributed by atoms with Gasteiger partial charge < -0.3 is 9.19 Å². The number of carbonyl (C=O) groups is 1. The van der Waals surface area contributed by atoms with Crippen LogP contribution in [-0.2, 0) is 52.6 Å². The van der Waals surface area contributed by atoms with E-state index < -0.39 is 27.7 Å². The molecule has 0 bridgehead atoms. The summed E-state index contributed by atoms with van der Waals surface area (Å²) in [6.07, 6.45) is -0.767. The van der Waals surface area contributed by atoms with Crippen LogP contribution >= 0.6 is 16.2 Å². The summed E-state index contributed by atoms with van der Waals surface area (Å²) in [6, 6.07) is 28.8. The van der Waals surface area contributed by atoms with E-state index in [9.17, 15) is 0 Å². The molecule has 0 heterocycles. The molecule has 0 aromatic heterocycles. The second kappa shape index (κ2) is 19.3. The van der Waals surface area contributed by atoms with Crippen molar-refractivity contribution in [3.8, 4) is 0 Å². The van der Waals surface area contributed by atoms with Crippen LogP contribution in [0.2, 0.25) is 0 Å². The Morgan fingerprint density at radius 1 is 0.353 bits per heavy atom. The first-order valence-corrected chi connectivity index (χ1v) is 27.9. The molecular formula is C63H97NO2P2. The molecule has 4 aromatic rings. The van der Waals surface area contributed by atoms with Crippen LogP contribution in [0.15, 0.2) is 72.8 Å². The van der Waals surface area contributed by atoms with Gasteiger partial charge in [0.1, 0.15) is 6.10 Å². The summed E-state index contributed by atoms with van der Waals surface area (Å²) in [7, 11) is -0.840. The zero-order chi connectivity index (χ0) is 52.5. The summed E-state index contributed by atoms with van der Waals surface area (Å²) in [5, 5.41) is 4.68. The molecule has 0 aliphatic carbocycles. The summed E-state index contributed by atoms with van der Waals surface area (Å²) in [5.74, 6) is 0.0130. The minimum Gasteiger partial charge on any atom is -0.336 e. The first-order chi connectivity index (χ1) is 30.2. The van der Waals surface area contributed by atoms with Gasteiger partial charge in [0.05, 0.1) is 16.2 Å². The number of amides is 1. The Labute approximate surface area is 421 Å². The lowest BCUT2D eigenvalue weighted by molar-refractivity contribution is -0.136. The minimum atomic E-state index is -1.52. The summed E-state index contributed by atoms with van der Waals surface area (Å²) < 4.78 is 9.97. The fourth-order valence-electron chi connectivity index (χ4n) is 8.10. The summed E-state index contributed by atoms with van der Waals surface area (Å²) in [6.45, 7) is 61.9. The first-order valence-electron chi connectivity index (χ1n) is 25.4. The molecule has 4 aromatic carbocycles. The van der Waals surface area contributed by atoms with Gasteiger partial charge in [0, 0.05) is 28.3 Å². The van der Waals surface area contributed by atoms with E-state index >= 15 is 4.79 Å². The molecule has 5 heteroatoms. The Kier molecular flexibility index (Phi) is 16.4. The van der Waals surface area contributed by atoms with Crippen molar-refractivity contribution in [3.63, 3.8) is 0 Å². The van der Waals surface area contributed by atoms with E-state index in [0.29, 0.717) is 0 Å². The maximum absolute atomic E-state index is 16.3. The van der Waals surface area contributed by atoms with Gasteiger partial charge in [-0.2, -0.15) is 0 Å². The van der Waals surface area contributed by atoms with Crippen LogP contribution in [0.1, 0.15) is 231 Å². The molecule has 0 saturated heterocycles. The summed E-state index contributed by atoms with van der Waals surface area (Å²) >= 11 is 0. The molecule has 1 amide bonds. The summed E-state index contributed by atoms with van der Waals surface area (Å²) in [5.41, 5.74) is 8.89. The molecule has 68 heavy (non-hydrogen) atoms. The fourth-order valence-corrected chi connectivity index (χ4v) is 12.6. The number of carbonyl (C=O) groups excluding carboxylic acids is 1. The average molecular weight is 962 g/mol. The van der Waals surface area contributed by atoms with E-state index in [4.69, 9.17) is 4.52 Å². The molecule has 376 valence electrons. The quantitative estimate of drug-likeness (QED) is 0.165. The topological polar surface area (TPSA) is 29.5 Å². The monoisotopic (exact) mass is 962 g/mol. The van der Waals surface area contributed by atoms with Gasteiger partial charge in [-0.15, -0.1) is 0 Å². The van der Waals surface area contributed by atoms with Crippen LogP contribution in [0.5, 0.6) is 0 Å². The number of rotatable bonds is 8. The Morgan fingerprint density at radius 2 is 0.544 bits per heavy atom. The van der Waals surface area contributed by atoms with Gasteiger partial charge in [0.25, 0.3) is 5.91 Å². The molecule has 0 unspecified atom stereocenters.